The van der Waals surface area contributed by atoms with Gasteiger partial charge in [0.1, 0.15) is 0 Å². The molecule has 3 saturated carbocycles. The number of nitrogens with zero attached hydrogens (tertiary/aromatic N) is 1. The first kappa shape index (κ1) is 18.4. The fourth-order valence-corrected chi connectivity index (χ4v) is 7.72. The Balaban J connectivity index is 1.69. The van der Waals surface area contributed by atoms with Gasteiger partial charge in [-0.3, -0.25) is 9.79 Å². The highest BCUT2D eigenvalue weighted by Crippen LogP contribution is 2.66. The molecule has 4 rings (SSSR count). The predicted octanol–water partition coefficient (Wildman–Crippen LogP) is 4.30. The molecule has 0 bridgehead atoms. The second-order valence-corrected chi connectivity index (χ2v) is 10.1. The summed E-state index contributed by atoms with van der Waals surface area (Å²) in [6.07, 6.45) is 11.6. The van der Waals surface area contributed by atoms with E-state index in [1.165, 1.54) is 25.7 Å². The molecule has 4 aliphatic rings. The molecule has 144 valence electrons. The highest BCUT2D eigenvalue weighted by atomic mass is 16.3. The predicted molar refractivity (Wildman–Crippen MR) is 105 cm³/mol. The first-order valence-corrected chi connectivity index (χ1v) is 10.7. The number of hydrogen-bond acceptors (Lipinski definition) is 3. The topological polar surface area (TPSA) is 49.7 Å². The van der Waals surface area contributed by atoms with E-state index in [2.05, 4.69) is 37.9 Å². The summed E-state index contributed by atoms with van der Waals surface area (Å²) in [5.74, 6) is 3.57. The van der Waals surface area contributed by atoms with Gasteiger partial charge in [0.15, 0.2) is 5.78 Å². The number of aliphatic hydroxyl groups is 1. The van der Waals surface area contributed by atoms with E-state index >= 15 is 0 Å². The lowest BCUT2D eigenvalue weighted by Crippen LogP contribution is -2.54. The summed E-state index contributed by atoms with van der Waals surface area (Å²) in [5, 5.41) is 9.75. The molecular formula is C23H35NO2. The molecule has 8 atom stereocenters. The van der Waals surface area contributed by atoms with Crippen molar-refractivity contribution >= 4 is 11.5 Å². The van der Waals surface area contributed by atoms with Crippen LogP contribution in [0.4, 0.5) is 0 Å². The van der Waals surface area contributed by atoms with Gasteiger partial charge in [0.05, 0.1) is 5.71 Å². The summed E-state index contributed by atoms with van der Waals surface area (Å²) in [6.45, 7) is 7.48. The summed E-state index contributed by atoms with van der Waals surface area (Å²) >= 11 is 0. The number of Topliss-reactive ketones (excluding diaryl/α,β-unsaturated/α-hetero) is 1. The Morgan fingerprint density at radius 3 is 2.58 bits per heavy atom. The molecule has 3 fully saturated rings. The van der Waals surface area contributed by atoms with Crippen molar-refractivity contribution in [2.75, 3.05) is 13.7 Å². The molecular weight excluding hydrogens is 322 g/mol. The Kier molecular flexibility index (Phi) is 4.45. The number of aliphatic hydroxyl groups excluding tert-OH is 1. The van der Waals surface area contributed by atoms with Crippen LogP contribution in [-0.4, -0.2) is 30.3 Å². The number of allylic oxidation sites excluding steroid dienone is 2. The Bertz CT molecular complexity index is 653. The Morgan fingerprint density at radius 2 is 1.88 bits per heavy atom. The van der Waals surface area contributed by atoms with Gasteiger partial charge in [-0.05, 0) is 72.5 Å². The van der Waals surface area contributed by atoms with Gasteiger partial charge in [-0.1, -0.05) is 32.9 Å². The third-order valence-electron chi connectivity index (χ3n) is 9.18. The largest absolute Gasteiger partial charge is 0.396 e. The van der Waals surface area contributed by atoms with Gasteiger partial charge in [0, 0.05) is 26.0 Å². The Hall–Kier alpha value is -0.960. The molecule has 0 spiro atoms. The number of hydrogen-bond donors (Lipinski definition) is 1. The second kappa shape index (κ2) is 6.29. The Labute approximate surface area is 158 Å². The molecule has 0 aromatic rings. The number of rotatable bonds is 2. The Morgan fingerprint density at radius 1 is 1.15 bits per heavy atom. The molecule has 1 unspecified atom stereocenters. The molecule has 0 aromatic heterocycles. The van der Waals surface area contributed by atoms with Crippen molar-refractivity contribution in [3.8, 4) is 0 Å². The maximum atomic E-state index is 12.4. The number of carbonyl (C=O) groups excluding carboxylic acids is 1. The van der Waals surface area contributed by atoms with E-state index in [0.29, 0.717) is 42.1 Å². The van der Waals surface area contributed by atoms with E-state index in [4.69, 9.17) is 0 Å². The van der Waals surface area contributed by atoms with Crippen LogP contribution in [0.25, 0.3) is 0 Å². The summed E-state index contributed by atoms with van der Waals surface area (Å²) in [7, 11) is 1.79. The number of fused-ring (bicyclic) bond motifs is 5. The maximum Gasteiger partial charge on any atom is 0.177 e. The zero-order valence-corrected chi connectivity index (χ0v) is 16.9. The van der Waals surface area contributed by atoms with Gasteiger partial charge in [0.25, 0.3) is 0 Å². The molecule has 26 heavy (non-hydrogen) atoms. The highest BCUT2D eigenvalue weighted by Gasteiger charge is 2.60. The fourth-order valence-electron chi connectivity index (χ4n) is 7.72. The lowest BCUT2D eigenvalue weighted by molar-refractivity contribution is -0.117. The molecule has 4 aliphatic carbocycles. The standard InChI is InChI=1S/C23H35NO2/c1-14(13-25)16-7-8-17-15-5-6-19-21(24-4)20(26)10-12-23(19,3)18(15)9-11-22(16,17)2/h5-6,14-19,25H,7-13H2,1-4H3/t14-,15+,16-,17+,18+,19?,22-,23-/m1/s1. The van der Waals surface area contributed by atoms with E-state index in [0.717, 1.165) is 18.1 Å². The number of carbonyl (C=O) groups is 1. The minimum absolute atomic E-state index is 0.185. The third kappa shape index (κ3) is 2.35. The van der Waals surface area contributed by atoms with Crippen molar-refractivity contribution in [3.05, 3.63) is 12.2 Å². The van der Waals surface area contributed by atoms with Gasteiger partial charge in [-0.15, -0.1) is 0 Å². The smallest absolute Gasteiger partial charge is 0.177 e. The minimum Gasteiger partial charge on any atom is -0.396 e. The third-order valence-corrected chi connectivity index (χ3v) is 9.18. The monoisotopic (exact) mass is 357 g/mol. The summed E-state index contributed by atoms with van der Waals surface area (Å²) in [5.41, 5.74) is 1.37. The molecule has 0 aromatic carbocycles. The lowest BCUT2D eigenvalue weighted by Gasteiger charge is -2.58. The van der Waals surface area contributed by atoms with Crippen LogP contribution >= 0.6 is 0 Å². The van der Waals surface area contributed by atoms with Crippen LogP contribution in [0.3, 0.4) is 0 Å². The van der Waals surface area contributed by atoms with Crippen LogP contribution in [0.15, 0.2) is 17.1 Å². The molecule has 0 aliphatic heterocycles. The van der Waals surface area contributed by atoms with E-state index in [-0.39, 0.29) is 17.1 Å². The minimum atomic E-state index is 0.185. The highest BCUT2D eigenvalue weighted by molar-refractivity contribution is 6.41. The van der Waals surface area contributed by atoms with E-state index in [9.17, 15) is 9.90 Å². The quantitative estimate of drug-likeness (QED) is 0.749. The molecule has 3 nitrogen and oxygen atoms in total. The van der Waals surface area contributed by atoms with Crippen molar-refractivity contribution in [1.82, 2.24) is 0 Å². The van der Waals surface area contributed by atoms with Crippen LogP contribution in [-0.2, 0) is 4.79 Å². The molecule has 1 N–H and O–H groups in total. The first-order valence-electron chi connectivity index (χ1n) is 10.7. The van der Waals surface area contributed by atoms with Crippen molar-refractivity contribution in [3.63, 3.8) is 0 Å². The lowest BCUT2D eigenvalue weighted by atomic mass is 9.46. The van der Waals surface area contributed by atoms with Crippen LogP contribution in [0.5, 0.6) is 0 Å². The first-order chi connectivity index (χ1) is 12.4. The zero-order valence-electron chi connectivity index (χ0n) is 16.9. The summed E-state index contributed by atoms with van der Waals surface area (Å²) < 4.78 is 0. The van der Waals surface area contributed by atoms with Crippen LogP contribution in [0.2, 0.25) is 0 Å². The van der Waals surface area contributed by atoms with Crippen molar-refractivity contribution < 1.29 is 9.90 Å². The van der Waals surface area contributed by atoms with Crippen molar-refractivity contribution in [1.29, 1.82) is 0 Å². The van der Waals surface area contributed by atoms with Crippen LogP contribution in [0.1, 0.15) is 59.3 Å². The second-order valence-electron chi connectivity index (χ2n) is 10.1. The fraction of sp³-hybridized carbons (Fsp3) is 0.826. The molecule has 0 heterocycles. The van der Waals surface area contributed by atoms with E-state index < -0.39 is 0 Å². The number of aliphatic imine (C=N–C) groups is 1. The molecule has 0 saturated heterocycles. The summed E-state index contributed by atoms with van der Waals surface area (Å²) in [4.78, 5) is 16.8. The zero-order chi connectivity index (χ0) is 18.7. The average Bonchev–Trinajstić information content (AvgIpc) is 2.99. The van der Waals surface area contributed by atoms with Gasteiger partial charge < -0.3 is 5.11 Å². The SMILES string of the molecule is CN=C1C(=O)CC[C@@]2(C)C1C=C[C@H]1[C@@H]3CC[C@H]([C@H](C)CO)[C@@]3(C)CC[C@@H]12. The maximum absolute atomic E-state index is 12.4. The number of ketones is 1. The summed E-state index contributed by atoms with van der Waals surface area (Å²) in [6, 6.07) is 0. The van der Waals surface area contributed by atoms with Crippen molar-refractivity contribution in [2.24, 2.45) is 51.3 Å². The normalized spacial score (nSPS) is 50.3. The van der Waals surface area contributed by atoms with Crippen LogP contribution < -0.4 is 0 Å². The van der Waals surface area contributed by atoms with Crippen molar-refractivity contribution in [2.45, 2.75) is 59.3 Å². The van der Waals surface area contributed by atoms with Gasteiger partial charge in [-0.25, -0.2) is 0 Å². The van der Waals surface area contributed by atoms with Gasteiger partial charge >= 0.3 is 0 Å². The van der Waals surface area contributed by atoms with E-state index in [1.807, 2.05) is 0 Å². The molecule has 0 radical (unpaired) electrons. The van der Waals surface area contributed by atoms with Gasteiger partial charge in [0.2, 0.25) is 0 Å². The molecule has 3 heteroatoms. The van der Waals surface area contributed by atoms with E-state index in [1.54, 1.807) is 7.05 Å². The average molecular weight is 358 g/mol. The van der Waals surface area contributed by atoms with Crippen LogP contribution in [0, 0.1) is 46.3 Å². The van der Waals surface area contributed by atoms with Gasteiger partial charge in [-0.2, -0.15) is 0 Å². The molecule has 0 amide bonds.